The van der Waals surface area contributed by atoms with E-state index < -0.39 is 11.9 Å². The number of aliphatic carboxylic acids is 1. The van der Waals surface area contributed by atoms with E-state index in [9.17, 15) is 14.7 Å². The summed E-state index contributed by atoms with van der Waals surface area (Å²) in [4.78, 5) is 23.5. The SMILES string of the molecule is O=C(NC1CCCCCC1C(=O)O)C1CCOCC1. The minimum Gasteiger partial charge on any atom is -0.481 e. The smallest absolute Gasteiger partial charge is 0.308 e. The monoisotopic (exact) mass is 269 g/mol. The van der Waals surface area contributed by atoms with Crippen molar-refractivity contribution in [2.45, 2.75) is 51.0 Å². The quantitative estimate of drug-likeness (QED) is 0.762. The van der Waals surface area contributed by atoms with Crippen LogP contribution in [0.3, 0.4) is 0 Å². The van der Waals surface area contributed by atoms with E-state index in [-0.39, 0.29) is 17.9 Å². The molecule has 1 aliphatic heterocycles. The number of carboxylic acids is 1. The fourth-order valence-corrected chi connectivity index (χ4v) is 3.04. The maximum Gasteiger partial charge on any atom is 0.308 e. The summed E-state index contributed by atoms with van der Waals surface area (Å²) in [6, 6.07) is -0.199. The van der Waals surface area contributed by atoms with Gasteiger partial charge in [-0.05, 0) is 25.7 Å². The van der Waals surface area contributed by atoms with Gasteiger partial charge in [-0.25, -0.2) is 0 Å². The van der Waals surface area contributed by atoms with Crippen molar-refractivity contribution in [3.8, 4) is 0 Å². The average Bonchev–Trinajstić information content (AvgIpc) is 2.65. The first kappa shape index (κ1) is 14.3. The van der Waals surface area contributed by atoms with Crippen molar-refractivity contribution >= 4 is 11.9 Å². The fraction of sp³-hybridized carbons (Fsp3) is 0.857. The molecule has 0 aromatic carbocycles. The van der Waals surface area contributed by atoms with E-state index in [0.717, 1.165) is 38.5 Å². The van der Waals surface area contributed by atoms with Gasteiger partial charge in [-0.2, -0.15) is 0 Å². The molecule has 1 saturated carbocycles. The van der Waals surface area contributed by atoms with Crippen LogP contribution in [0, 0.1) is 11.8 Å². The molecule has 108 valence electrons. The molecule has 2 aliphatic rings. The Morgan fingerprint density at radius 3 is 2.37 bits per heavy atom. The summed E-state index contributed by atoms with van der Waals surface area (Å²) in [6.07, 6.45) is 5.96. The van der Waals surface area contributed by atoms with E-state index in [1.807, 2.05) is 0 Å². The molecule has 5 heteroatoms. The van der Waals surface area contributed by atoms with Gasteiger partial charge in [0, 0.05) is 25.2 Å². The Labute approximate surface area is 113 Å². The van der Waals surface area contributed by atoms with Crippen LogP contribution in [0.2, 0.25) is 0 Å². The standard InChI is InChI=1S/C14H23NO4/c16-13(10-6-8-19-9-7-10)15-12-5-3-1-2-4-11(12)14(17)18/h10-12H,1-9H2,(H,15,16)(H,17,18). The van der Waals surface area contributed by atoms with Crippen LogP contribution in [-0.2, 0) is 14.3 Å². The molecule has 2 unspecified atom stereocenters. The highest BCUT2D eigenvalue weighted by molar-refractivity contribution is 5.80. The molecule has 1 heterocycles. The van der Waals surface area contributed by atoms with Crippen molar-refractivity contribution in [2.75, 3.05) is 13.2 Å². The van der Waals surface area contributed by atoms with Gasteiger partial charge >= 0.3 is 5.97 Å². The molecule has 1 aliphatic carbocycles. The average molecular weight is 269 g/mol. The summed E-state index contributed by atoms with van der Waals surface area (Å²) < 4.78 is 5.25. The Morgan fingerprint density at radius 1 is 1.00 bits per heavy atom. The van der Waals surface area contributed by atoms with Crippen LogP contribution < -0.4 is 5.32 Å². The van der Waals surface area contributed by atoms with Gasteiger partial charge in [0.15, 0.2) is 0 Å². The molecular formula is C14H23NO4. The predicted molar refractivity (Wildman–Crippen MR) is 69.7 cm³/mol. The lowest BCUT2D eigenvalue weighted by Crippen LogP contribution is -2.46. The van der Waals surface area contributed by atoms with Crippen molar-refractivity contribution in [3.05, 3.63) is 0 Å². The van der Waals surface area contributed by atoms with Gasteiger partial charge in [-0.3, -0.25) is 9.59 Å². The largest absolute Gasteiger partial charge is 0.481 e. The Morgan fingerprint density at radius 2 is 1.68 bits per heavy atom. The third kappa shape index (κ3) is 3.93. The number of hydrogen-bond acceptors (Lipinski definition) is 3. The molecule has 2 fully saturated rings. The van der Waals surface area contributed by atoms with Gasteiger partial charge < -0.3 is 15.2 Å². The number of nitrogens with one attached hydrogen (secondary N) is 1. The maximum atomic E-state index is 12.2. The number of carbonyl (C=O) groups excluding carboxylic acids is 1. The van der Waals surface area contributed by atoms with Gasteiger partial charge in [0.2, 0.25) is 5.91 Å². The minimum absolute atomic E-state index is 0.00792. The summed E-state index contributed by atoms with van der Waals surface area (Å²) in [6.45, 7) is 1.26. The molecule has 2 rings (SSSR count). The summed E-state index contributed by atoms with van der Waals surface area (Å²) in [7, 11) is 0. The Balaban J connectivity index is 1.93. The number of rotatable bonds is 3. The summed E-state index contributed by atoms with van der Waals surface area (Å²) in [5.74, 6) is -1.20. The van der Waals surface area contributed by atoms with Crippen LogP contribution in [0.15, 0.2) is 0 Å². The lowest BCUT2D eigenvalue weighted by atomic mass is 9.93. The van der Waals surface area contributed by atoms with Gasteiger partial charge in [0.1, 0.15) is 0 Å². The molecule has 0 spiro atoms. The molecule has 2 atom stereocenters. The van der Waals surface area contributed by atoms with E-state index in [1.165, 1.54) is 0 Å². The van der Waals surface area contributed by atoms with Crippen LogP contribution >= 0.6 is 0 Å². The molecule has 2 N–H and O–H groups in total. The molecule has 5 nitrogen and oxygen atoms in total. The van der Waals surface area contributed by atoms with Crippen LogP contribution in [-0.4, -0.2) is 36.2 Å². The van der Waals surface area contributed by atoms with E-state index in [4.69, 9.17) is 4.74 Å². The number of ether oxygens (including phenoxy) is 1. The molecule has 0 aromatic heterocycles. The Hall–Kier alpha value is -1.10. The van der Waals surface area contributed by atoms with E-state index in [0.29, 0.717) is 19.6 Å². The van der Waals surface area contributed by atoms with Crippen molar-refractivity contribution in [1.29, 1.82) is 0 Å². The number of hydrogen-bond donors (Lipinski definition) is 2. The Bertz CT molecular complexity index is 325. The molecular weight excluding hydrogens is 246 g/mol. The van der Waals surface area contributed by atoms with E-state index in [2.05, 4.69) is 5.32 Å². The van der Waals surface area contributed by atoms with E-state index >= 15 is 0 Å². The summed E-state index contributed by atoms with van der Waals surface area (Å²) in [5, 5.41) is 12.3. The second kappa shape index (κ2) is 6.89. The van der Waals surface area contributed by atoms with Gasteiger partial charge in [-0.1, -0.05) is 19.3 Å². The second-order valence-corrected chi connectivity index (χ2v) is 5.58. The van der Waals surface area contributed by atoms with Crippen molar-refractivity contribution in [2.24, 2.45) is 11.8 Å². The highest BCUT2D eigenvalue weighted by Crippen LogP contribution is 2.25. The first-order valence-corrected chi connectivity index (χ1v) is 7.29. The van der Waals surface area contributed by atoms with Gasteiger partial charge in [-0.15, -0.1) is 0 Å². The number of carbonyl (C=O) groups is 2. The summed E-state index contributed by atoms with van der Waals surface area (Å²) >= 11 is 0. The van der Waals surface area contributed by atoms with E-state index in [1.54, 1.807) is 0 Å². The number of amides is 1. The first-order valence-electron chi connectivity index (χ1n) is 7.29. The third-order valence-electron chi connectivity index (χ3n) is 4.25. The molecule has 19 heavy (non-hydrogen) atoms. The van der Waals surface area contributed by atoms with Gasteiger partial charge in [0.05, 0.1) is 5.92 Å². The zero-order chi connectivity index (χ0) is 13.7. The topological polar surface area (TPSA) is 75.6 Å². The predicted octanol–water partition coefficient (Wildman–Crippen LogP) is 1.56. The van der Waals surface area contributed by atoms with Crippen molar-refractivity contribution in [1.82, 2.24) is 5.32 Å². The summed E-state index contributed by atoms with van der Waals surface area (Å²) in [5.41, 5.74) is 0. The van der Waals surface area contributed by atoms with Gasteiger partial charge in [0.25, 0.3) is 0 Å². The maximum absolute atomic E-state index is 12.2. The van der Waals surface area contributed by atoms with Crippen LogP contribution in [0.25, 0.3) is 0 Å². The third-order valence-corrected chi connectivity index (χ3v) is 4.25. The fourth-order valence-electron chi connectivity index (χ4n) is 3.04. The van der Waals surface area contributed by atoms with Crippen molar-refractivity contribution < 1.29 is 19.4 Å². The highest BCUT2D eigenvalue weighted by Gasteiger charge is 2.32. The number of carboxylic acid groups (broad SMARTS) is 1. The zero-order valence-electron chi connectivity index (χ0n) is 11.3. The lowest BCUT2D eigenvalue weighted by molar-refractivity contribution is -0.143. The second-order valence-electron chi connectivity index (χ2n) is 5.58. The minimum atomic E-state index is -0.779. The molecule has 0 aromatic rings. The molecule has 1 amide bonds. The molecule has 1 saturated heterocycles. The molecule has 0 bridgehead atoms. The van der Waals surface area contributed by atoms with Crippen LogP contribution in [0.4, 0.5) is 0 Å². The van der Waals surface area contributed by atoms with Crippen LogP contribution in [0.5, 0.6) is 0 Å². The van der Waals surface area contributed by atoms with Crippen molar-refractivity contribution in [3.63, 3.8) is 0 Å². The highest BCUT2D eigenvalue weighted by atomic mass is 16.5. The normalized spacial score (nSPS) is 29.5. The first-order chi connectivity index (χ1) is 9.18. The molecule has 0 radical (unpaired) electrons. The zero-order valence-corrected chi connectivity index (χ0v) is 11.3. The lowest BCUT2D eigenvalue weighted by Gasteiger charge is -2.27. The Kier molecular flexibility index (Phi) is 5.19. The van der Waals surface area contributed by atoms with Crippen LogP contribution in [0.1, 0.15) is 44.9 Å².